The van der Waals surface area contributed by atoms with Gasteiger partial charge in [0.05, 0.1) is 12.8 Å². The van der Waals surface area contributed by atoms with Gasteiger partial charge in [0.2, 0.25) is 5.88 Å². The molecule has 0 bridgehead atoms. The molecule has 0 aliphatic heterocycles. The third-order valence-electron chi connectivity index (χ3n) is 4.00. The molecule has 3 aromatic rings. The first-order chi connectivity index (χ1) is 11.7. The second-order valence-corrected chi connectivity index (χ2v) is 5.62. The van der Waals surface area contributed by atoms with Gasteiger partial charge < -0.3 is 9.47 Å². The lowest BCUT2D eigenvalue weighted by Crippen LogP contribution is -2.01. The maximum Gasteiger partial charge on any atom is 0.221 e. The zero-order valence-electron chi connectivity index (χ0n) is 14.3. The van der Waals surface area contributed by atoms with Crippen molar-refractivity contribution in [1.82, 2.24) is 9.78 Å². The lowest BCUT2D eigenvalue weighted by atomic mass is 10.1. The first kappa shape index (κ1) is 16.1. The Labute approximate surface area is 142 Å². The Bertz CT molecular complexity index is 793. The zero-order valence-corrected chi connectivity index (χ0v) is 14.3. The molecule has 0 saturated heterocycles. The molecule has 0 aliphatic carbocycles. The van der Waals surface area contributed by atoms with Gasteiger partial charge in [-0.25, -0.2) is 4.68 Å². The summed E-state index contributed by atoms with van der Waals surface area (Å²) in [5, 5.41) is 4.62. The van der Waals surface area contributed by atoms with Gasteiger partial charge in [-0.05, 0) is 43.7 Å². The molecule has 0 N–H and O–H groups in total. The number of nitrogens with zero attached hydrogens (tertiary/aromatic N) is 2. The van der Waals surface area contributed by atoms with E-state index in [9.17, 15) is 0 Å². The van der Waals surface area contributed by atoms with Crippen LogP contribution in [-0.4, -0.2) is 16.9 Å². The minimum Gasteiger partial charge on any atom is -0.497 e. The van der Waals surface area contributed by atoms with Gasteiger partial charge in [-0.2, -0.15) is 5.10 Å². The Morgan fingerprint density at radius 3 is 2.25 bits per heavy atom. The van der Waals surface area contributed by atoms with Crippen molar-refractivity contribution in [2.75, 3.05) is 7.11 Å². The Kier molecular flexibility index (Phi) is 4.85. The van der Waals surface area contributed by atoms with Crippen LogP contribution in [0.25, 0.3) is 0 Å². The molecule has 0 fully saturated rings. The van der Waals surface area contributed by atoms with Crippen molar-refractivity contribution < 1.29 is 9.47 Å². The summed E-state index contributed by atoms with van der Waals surface area (Å²) in [4.78, 5) is 0. The van der Waals surface area contributed by atoms with Crippen LogP contribution >= 0.6 is 0 Å². The predicted molar refractivity (Wildman–Crippen MR) is 95.0 cm³/mol. The van der Waals surface area contributed by atoms with Gasteiger partial charge in [-0.15, -0.1) is 0 Å². The van der Waals surface area contributed by atoms with Crippen LogP contribution in [-0.2, 0) is 13.0 Å². The van der Waals surface area contributed by atoms with Crippen LogP contribution in [0.15, 0.2) is 54.6 Å². The smallest absolute Gasteiger partial charge is 0.221 e. The molecule has 2 aromatic carbocycles. The lowest BCUT2D eigenvalue weighted by Gasteiger charge is -2.11. The van der Waals surface area contributed by atoms with E-state index in [0.717, 1.165) is 41.6 Å². The van der Waals surface area contributed by atoms with E-state index in [1.54, 1.807) is 7.11 Å². The third kappa shape index (κ3) is 3.43. The number of hydrogen-bond donors (Lipinski definition) is 0. The van der Waals surface area contributed by atoms with Gasteiger partial charge in [0.15, 0.2) is 0 Å². The lowest BCUT2D eigenvalue weighted by molar-refractivity contribution is 0.403. The summed E-state index contributed by atoms with van der Waals surface area (Å²) in [6.07, 6.45) is 0.804. The Morgan fingerprint density at radius 2 is 1.62 bits per heavy atom. The normalized spacial score (nSPS) is 10.6. The Hall–Kier alpha value is -2.75. The Balaban J connectivity index is 1.92. The van der Waals surface area contributed by atoms with Crippen molar-refractivity contribution in [3.8, 4) is 17.4 Å². The molecule has 4 nitrogen and oxygen atoms in total. The van der Waals surface area contributed by atoms with E-state index in [1.807, 2.05) is 41.9 Å². The fourth-order valence-corrected chi connectivity index (χ4v) is 2.68. The van der Waals surface area contributed by atoms with E-state index in [4.69, 9.17) is 9.47 Å². The number of rotatable bonds is 6. The van der Waals surface area contributed by atoms with Gasteiger partial charge >= 0.3 is 0 Å². The van der Waals surface area contributed by atoms with Crippen molar-refractivity contribution in [3.05, 3.63) is 71.4 Å². The van der Waals surface area contributed by atoms with Gasteiger partial charge in [0.25, 0.3) is 0 Å². The van der Waals surface area contributed by atoms with E-state index >= 15 is 0 Å². The summed E-state index contributed by atoms with van der Waals surface area (Å²) >= 11 is 0. The summed E-state index contributed by atoms with van der Waals surface area (Å²) in [5.74, 6) is 2.40. The number of methoxy groups -OCH3 is 1. The van der Waals surface area contributed by atoms with Crippen LogP contribution in [0.5, 0.6) is 17.4 Å². The highest BCUT2D eigenvalue weighted by molar-refractivity contribution is 5.40. The topological polar surface area (TPSA) is 36.3 Å². The molecule has 124 valence electrons. The fraction of sp³-hybridized carbons (Fsp3) is 0.250. The van der Waals surface area contributed by atoms with E-state index in [2.05, 4.69) is 36.3 Å². The molecule has 0 atom stereocenters. The molecule has 0 amide bonds. The highest BCUT2D eigenvalue weighted by Gasteiger charge is 2.17. The van der Waals surface area contributed by atoms with E-state index < -0.39 is 0 Å². The van der Waals surface area contributed by atoms with Gasteiger partial charge in [0.1, 0.15) is 11.5 Å². The molecule has 1 aromatic heterocycles. The van der Waals surface area contributed by atoms with Crippen LogP contribution < -0.4 is 9.47 Å². The zero-order chi connectivity index (χ0) is 16.9. The standard InChI is InChI=1S/C20H22N2O2/c1-4-22-20(24-18-12-10-17(23-3)11-13-18)19(15(2)21-22)14-16-8-6-5-7-9-16/h5-13H,4,14H2,1-3H3. The average Bonchev–Trinajstić information content (AvgIpc) is 2.92. The van der Waals surface area contributed by atoms with Crippen molar-refractivity contribution in [3.63, 3.8) is 0 Å². The Morgan fingerprint density at radius 1 is 0.958 bits per heavy atom. The number of aryl methyl sites for hydroxylation is 2. The average molecular weight is 322 g/mol. The molecule has 0 spiro atoms. The highest BCUT2D eigenvalue weighted by Crippen LogP contribution is 2.30. The summed E-state index contributed by atoms with van der Waals surface area (Å²) < 4.78 is 13.3. The fourth-order valence-electron chi connectivity index (χ4n) is 2.68. The summed E-state index contributed by atoms with van der Waals surface area (Å²) in [5.41, 5.74) is 3.37. The van der Waals surface area contributed by atoms with E-state index in [1.165, 1.54) is 5.56 Å². The second kappa shape index (κ2) is 7.21. The van der Waals surface area contributed by atoms with Crippen molar-refractivity contribution in [1.29, 1.82) is 0 Å². The molecule has 1 heterocycles. The van der Waals surface area contributed by atoms with Gasteiger partial charge in [-0.1, -0.05) is 30.3 Å². The third-order valence-corrected chi connectivity index (χ3v) is 4.00. The van der Waals surface area contributed by atoms with Crippen molar-refractivity contribution in [2.24, 2.45) is 0 Å². The molecule has 24 heavy (non-hydrogen) atoms. The SMILES string of the molecule is CCn1nc(C)c(Cc2ccccc2)c1Oc1ccc(OC)cc1. The molecule has 0 unspecified atom stereocenters. The van der Waals surface area contributed by atoms with Crippen LogP contribution in [0.3, 0.4) is 0 Å². The number of ether oxygens (including phenoxy) is 2. The van der Waals surface area contributed by atoms with Crippen molar-refractivity contribution in [2.45, 2.75) is 26.8 Å². The van der Waals surface area contributed by atoms with Crippen LogP contribution in [0.1, 0.15) is 23.7 Å². The molecular formula is C20H22N2O2. The van der Waals surface area contributed by atoms with Gasteiger partial charge in [-0.3, -0.25) is 0 Å². The molecule has 0 aliphatic rings. The van der Waals surface area contributed by atoms with Crippen LogP contribution in [0.4, 0.5) is 0 Å². The number of hydrogen-bond acceptors (Lipinski definition) is 3. The summed E-state index contributed by atoms with van der Waals surface area (Å²) in [6.45, 7) is 4.87. The van der Waals surface area contributed by atoms with Gasteiger partial charge in [0, 0.05) is 18.5 Å². The monoisotopic (exact) mass is 322 g/mol. The van der Waals surface area contributed by atoms with E-state index in [-0.39, 0.29) is 0 Å². The van der Waals surface area contributed by atoms with Crippen LogP contribution in [0, 0.1) is 6.92 Å². The minimum absolute atomic E-state index is 0.765. The second-order valence-electron chi connectivity index (χ2n) is 5.62. The predicted octanol–water partition coefficient (Wildman–Crippen LogP) is 4.60. The maximum absolute atomic E-state index is 6.17. The largest absolute Gasteiger partial charge is 0.497 e. The molecule has 0 saturated carbocycles. The van der Waals surface area contributed by atoms with Crippen LogP contribution in [0.2, 0.25) is 0 Å². The molecule has 0 radical (unpaired) electrons. The molecule has 4 heteroatoms. The molecule has 3 rings (SSSR count). The van der Waals surface area contributed by atoms with E-state index in [0.29, 0.717) is 0 Å². The quantitative estimate of drug-likeness (QED) is 0.665. The number of aromatic nitrogens is 2. The maximum atomic E-state index is 6.17. The minimum atomic E-state index is 0.765. The summed E-state index contributed by atoms with van der Waals surface area (Å²) in [6, 6.07) is 18.0. The first-order valence-electron chi connectivity index (χ1n) is 8.13. The molecular weight excluding hydrogens is 300 g/mol. The highest BCUT2D eigenvalue weighted by atomic mass is 16.5. The van der Waals surface area contributed by atoms with Crippen molar-refractivity contribution >= 4 is 0 Å². The summed E-state index contributed by atoms with van der Waals surface area (Å²) in [7, 11) is 1.66. The number of benzene rings is 2. The first-order valence-corrected chi connectivity index (χ1v) is 8.13.